The van der Waals surface area contributed by atoms with Gasteiger partial charge in [-0.25, -0.2) is 0 Å². The summed E-state index contributed by atoms with van der Waals surface area (Å²) in [5.41, 5.74) is 18.1. The second-order valence-corrected chi connectivity index (χ2v) is 36.6. The molecule has 4 aliphatic heterocycles. The molecule has 2 unspecified atom stereocenters. The number of benzene rings is 3. The number of nitrogens with two attached hydrogens (primary N) is 3. The second-order valence-electron chi connectivity index (χ2n) is 35.6. The summed E-state index contributed by atoms with van der Waals surface area (Å²) in [6, 6.07) is -0.581. The highest BCUT2D eigenvalue weighted by molar-refractivity contribution is 8.00. The number of amides is 17. The number of thioether (sulfide) groups is 1. The molecule has 0 radical (unpaired) electrons. The summed E-state index contributed by atoms with van der Waals surface area (Å²) < 4.78 is 0. The number of guanidine groups is 1. The number of aliphatic imine (C=N–C) groups is 1. The lowest BCUT2D eigenvalue weighted by Gasteiger charge is -2.36. The molecule has 136 heavy (non-hydrogen) atoms. The van der Waals surface area contributed by atoms with Crippen LogP contribution in [0.25, 0.3) is 21.8 Å². The monoisotopic (exact) mass is 1910 g/mol. The number of hydrogen-bond acceptors (Lipinski definition) is 23. The Morgan fingerprint density at radius 3 is 1.74 bits per heavy atom. The van der Waals surface area contributed by atoms with Crippen LogP contribution < -0.4 is 81.0 Å². The van der Waals surface area contributed by atoms with Crippen LogP contribution >= 0.6 is 11.8 Å². The predicted molar refractivity (Wildman–Crippen MR) is 501 cm³/mol. The molecule has 5 aliphatic rings. The number of hydrogen-bond donors (Lipinski definition) is 21. The molecule has 17 amide bonds. The maximum absolute atomic E-state index is 15.8. The normalized spacial score (nSPS) is 25.2. The molecule has 1 aliphatic carbocycles. The lowest BCUT2D eigenvalue weighted by atomic mass is 10.00. The number of likely N-dealkylation sites (N-methyl/N-ethyl adjacent to an activating group) is 2. The fourth-order valence-corrected chi connectivity index (χ4v) is 18.0. The van der Waals surface area contributed by atoms with Crippen molar-refractivity contribution in [3.63, 3.8) is 0 Å². The van der Waals surface area contributed by atoms with Gasteiger partial charge in [0.1, 0.15) is 89.8 Å². The third kappa shape index (κ3) is 28.5. The molecule has 2 aromatic heterocycles. The molecule has 0 bridgehead atoms. The minimum absolute atomic E-state index is 0.00261. The van der Waals surface area contributed by atoms with Gasteiger partial charge >= 0.3 is 0 Å². The number of phenolic OH excluding ortho intramolecular Hbond substituents is 1. The lowest BCUT2D eigenvalue weighted by Crippen LogP contribution is -2.62. The predicted octanol–water partition coefficient (Wildman–Crippen LogP) is -2.34. The van der Waals surface area contributed by atoms with E-state index in [1.165, 1.54) is 38.4 Å². The van der Waals surface area contributed by atoms with Gasteiger partial charge in [0.05, 0.1) is 31.4 Å². The number of aromatic amines is 2. The third-order valence-electron chi connectivity index (χ3n) is 24.7. The molecule has 736 valence electrons. The Hall–Kier alpha value is -13.5. The molecule has 1 saturated carbocycles. The van der Waals surface area contributed by atoms with Gasteiger partial charge in [0.2, 0.25) is 100 Å². The summed E-state index contributed by atoms with van der Waals surface area (Å²) >= 11 is 0.766. The number of aromatic nitrogens is 2. The quantitative estimate of drug-likeness (QED) is 0.0157. The molecule has 5 aromatic rings. The van der Waals surface area contributed by atoms with E-state index in [1.54, 1.807) is 87.1 Å². The number of para-hydroxylation sites is 2. The van der Waals surface area contributed by atoms with E-state index >= 15 is 38.4 Å². The van der Waals surface area contributed by atoms with Crippen molar-refractivity contribution in [2.24, 2.45) is 28.1 Å². The van der Waals surface area contributed by atoms with Crippen LogP contribution in [-0.4, -0.2) is 306 Å². The van der Waals surface area contributed by atoms with E-state index in [1.807, 2.05) is 13.8 Å². The highest BCUT2D eigenvalue weighted by atomic mass is 32.2. The maximum Gasteiger partial charge on any atom is 0.246 e. The fraction of sp³-hybridized carbons (Fsp3) is 0.533. The summed E-state index contributed by atoms with van der Waals surface area (Å²) in [7, 11) is 2.69. The van der Waals surface area contributed by atoms with Gasteiger partial charge in [-0.15, -0.1) is 11.8 Å². The van der Waals surface area contributed by atoms with Crippen molar-refractivity contribution in [3.05, 3.63) is 114 Å². The third-order valence-corrected chi connectivity index (χ3v) is 25.8. The molecule has 3 saturated heterocycles. The van der Waals surface area contributed by atoms with Crippen molar-refractivity contribution in [3.8, 4) is 5.75 Å². The summed E-state index contributed by atoms with van der Waals surface area (Å²) in [6.45, 7) is 4.78. The number of carbonyl (C=O) groups excluding carboxylic acids is 17. The van der Waals surface area contributed by atoms with Crippen LogP contribution in [0, 0.1) is 11.3 Å². The van der Waals surface area contributed by atoms with Crippen molar-refractivity contribution in [1.29, 1.82) is 5.41 Å². The summed E-state index contributed by atoms with van der Waals surface area (Å²) in [6.07, 6.45) is 4.67. The van der Waals surface area contributed by atoms with E-state index in [4.69, 9.17) is 22.6 Å². The summed E-state index contributed by atoms with van der Waals surface area (Å²) in [4.78, 5) is 266. The Labute approximate surface area is 790 Å². The van der Waals surface area contributed by atoms with E-state index in [0.717, 1.165) is 31.4 Å². The van der Waals surface area contributed by atoms with Crippen molar-refractivity contribution in [2.75, 3.05) is 58.4 Å². The van der Waals surface area contributed by atoms with Gasteiger partial charge in [0, 0.05) is 124 Å². The molecule has 14 atom stereocenters. The number of fused-ring (bicyclic) bond motifs is 4. The molecule has 44 heteroatoms. The van der Waals surface area contributed by atoms with E-state index in [9.17, 15) is 58.5 Å². The molecule has 10 rings (SSSR count). The zero-order valence-electron chi connectivity index (χ0n) is 77.1. The largest absolute Gasteiger partial charge is 0.508 e. The van der Waals surface area contributed by atoms with Crippen LogP contribution in [0.4, 0.5) is 0 Å². The second kappa shape index (κ2) is 49.1. The van der Waals surface area contributed by atoms with E-state index in [0.29, 0.717) is 76.3 Å². The first-order valence-corrected chi connectivity index (χ1v) is 47.1. The summed E-state index contributed by atoms with van der Waals surface area (Å²) in [5, 5.41) is 74.0. The smallest absolute Gasteiger partial charge is 0.246 e. The first-order valence-electron chi connectivity index (χ1n) is 46.0. The average Bonchev–Trinajstić information content (AvgIpc) is 1.62. The topological polar surface area (TPSA) is 654 Å². The maximum atomic E-state index is 15.8. The van der Waals surface area contributed by atoms with Gasteiger partial charge in [-0.3, -0.25) is 91.9 Å². The van der Waals surface area contributed by atoms with Gasteiger partial charge < -0.3 is 126 Å². The SMILES string of the molecule is CCCC[C@H]1C(=O)N(C)[C@@H](CCCC)C(=O)N[C@@H](CCCNC(=N)N)C(=O)NC(C(=O)NCC(N)=O)CSCC(=O)N[C@@H](Cc2ccc(O)cc2)C(=O)NC2(CC2)C(=O)N[C@@H](CC(N)=O)C(=O)N2CCC[C@H]2C(=O)N[C@@H](CC2=CCC=N2)C(=O)N[C@H](CC(C)C)C(=O)N2C[C@H](O)C[C@H]2C(=O)NC(Cc2c[nH]c3ccccc23)C(=O)N[C@@H](CO)C(=O)N[C@@H](Cc2c[nH]c3ccccc23)C(=O)N1C. The van der Waals surface area contributed by atoms with Crippen LogP contribution in [0.5, 0.6) is 5.75 Å². The number of primary amides is 2. The summed E-state index contributed by atoms with van der Waals surface area (Å²) in [5.74, 6) is -17.9. The standard InChI is InChI=1S/C92H127N23O20S/c1-7-9-24-70-83(128)103-61(23-16-34-98-91(95)96)78(123)109-69(77(122)101-45-75(94)120)48-136-49-76(121)102-62(37-51-27-29-55(117)30-28-51)82(127)111-92(31-32-92)90(135)110-67(42-74(93)119)87(132)114-35-17-26-71(114)84(129)105-64(40-54-18-15-33-97-54)80(125)106-65(36-50(3)4)88(133)115-46-56(118)41-73(115)85(130)104-63(38-52-43-99-59-21-13-11-19-57(52)59)79(124)108-68(47-116)81(126)107-66(39-53-44-100-60-22-14-12-20-58(53)60)86(131)113(6)72(25-10-8-2)89(134)112(70)5/h11-14,18-22,27-30,33,43-44,50,56,61-73,99-100,116-118H,7-10,15-17,23-26,31-32,34-42,45-49H2,1-6H3,(H2,93,119)(H2,94,120)(H,101,122)(H,102,121)(H,103,128)(H,104,130)(H,105,129)(H,106,125)(H,107,126)(H,108,124)(H,109,123)(H,110,135)(H,111,127)(H4,95,96,98)/t56-,61+,62+,63?,64+,65-,66+,67+,68+,69?,70+,71+,72+,73+/m1/s1. The van der Waals surface area contributed by atoms with Crippen LogP contribution in [0.2, 0.25) is 0 Å². The molecule has 43 nitrogen and oxygen atoms in total. The number of aliphatic hydroxyl groups excluding tert-OH is 2. The minimum Gasteiger partial charge on any atom is -0.508 e. The molecule has 6 heterocycles. The number of unbranched alkanes of at least 4 members (excludes halogenated alkanes) is 2. The number of carbonyl (C=O) groups is 17. The van der Waals surface area contributed by atoms with Crippen LogP contribution in [0.15, 0.2) is 102 Å². The zero-order chi connectivity index (χ0) is 98.8. The van der Waals surface area contributed by atoms with Gasteiger partial charge in [0.25, 0.3) is 0 Å². The average molecular weight is 1910 g/mol. The van der Waals surface area contributed by atoms with Crippen molar-refractivity contribution < 1.29 is 96.8 Å². The number of allylic oxidation sites excluding steroid dienone is 1. The number of phenols is 1. The molecular formula is C92H127N23O20S. The Kier molecular flexibility index (Phi) is 37.8. The van der Waals surface area contributed by atoms with Gasteiger partial charge in [-0.2, -0.15) is 0 Å². The Morgan fingerprint density at radius 2 is 1.14 bits per heavy atom. The first-order chi connectivity index (χ1) is 64.9. The number of H-pyrrole nitrogens is 2. The number of nitrogens with zero attached hydrogens (tertiary/aromatic N) is 5. The Morgan fingerprint density at radius 1 is 0.581 bits per heavy atom. The highest BCUT2D eigenvalue weighted by Crippen LogP contribution is 2.37. The van der Waals surface area contributed by atoms with Gasteiger partial charge in [-0.1, -0.05) is 108 Å². The molecule has 24 N–H and O–H groups in total. The van der Waals surface area contributed by atoms with Gasteiger partial charge in [-0.05, 0) is 105 Å². The van der Waals surface area contributed by atoms with Crippen molar-refractivity contribution in [2.45, 2.75) is 246 Å². The van der Waals surface area contributed by atoms with Crippen LogP contribution in [0.1, 0.15) is 154 Å². The number of aromatic hydroxyl groups is 1. The van der Waals surface area contributed by atoms with E-state index in [2.05, 4.69) is 78.8 Å². The highest BCUT2D eigenvalue weighted by Gasteiger charge is 2.54. The minimum atomic E-state index is -1.89. The lowest BCUT2D eigenvalue weighted by molar-refractivity contribution is -0.149. The van der Waals surface area contributed by atoms with E-state index < -0.39 is 234 Å². The Balaban J connectivity index is 1.02. The van der Waals surface area contributed by atoms with E-state index in [-0.39, 0.29) is 115 Å². The van der Waals surface area contributed by atoms with Crippen molar-refractivity contribution in [1.82, 2.24) is 93.4 Å². The molecule has 1 spiro atoms. The number of aliphatic hydroxyl groups is 2. The Bertz CT molecular complexity index is 5270. The van der Waals surface area contributed by atoms with Gasteiger partial charge in [0.15, 0.2) is 5.96 Å². The number of rotatable bonds is 26. The molecule has 3 aromatic carbocycles. The molecule has 4 fully saturated rings. The van der Waals surface area contributed by atoms with Crippen LogP contribution in [0.3, 0.4) is 0 Å². The first kappa shape index (κ1) is 105. The van der Waals surface area contributed by atoms with Crippen LogP contribution in [-0.2, 0) is 101 Å². The molecular weight excluding hydrogens is 1780 g/mol. The van der Waals surface area contributed by atoms with Crippen molar-refractivity contribution >= 4 is 146 Å². The zero-order valence-corrected chi connectivity index (χ0v) is 78.0. The number of nitrogens with one attached hydrogen (secondary N) is 15. The fourth-order valence-electron chi connectivity index (χ4n) is 17.2.